The number of hydroxylamine groups is 1. The summed E-state index contributed by atoms with van der Waals surface area (Å²) in [5, 5.41) is 12.0. The van der Waals surface area contributed by atoms with Gasteiger partial charge in [0.25, 0.3) is 11.8 Å². The molecule has 2 N–H and O–H groups in total. The van der Waals surface area contributed by atoms with E-state index < -0.39 is 24.7 Å². The van der Waals surface area contributed by atoms with E-state index in [0.29, 0.717) is 30.4 Å². The van der Waals surface area contributed by atoms with E-state index in [1.54, 1.807) is 6.07 Å². The summed E-state index contributed by atoms with van der Waals surface area (Å²) in [6, 6.07) is 10.3. The number of nitrogens with zero attached hydrogens (tertiary/aromatic N) is 1. The Morgan fingerprint density at radius 1 is 1.17 bits per heavy atom. The normalized spacial score (nSPS) is 14.9. The first kappa shape index (κ1) is 17.2. The molecule has 8 heteroatoms. The summed E-state index contributed by atoms with van der Waals surface area (Å²) in [7, 11) is -1.38. The monoisotopic (exact) mass is 412 g/mol. The molecule has 0 fully saturated rings. The van der Waals surface area contributed by atoms with Crippen LogP contribution in [0, 0.1) is 17.1 Å². The zero-order valence-corrected chi connectivity index (χ0v) is 16.0. The lowest BCUT2D eigenvalue weighted by Gasteiger charge is -2.13. The minimum Gasteiger partial charge on any atom is -0.497 e. The molecule has 0 aromatic heterocycles. The number of carbonyl (C=O) groups excluding carboxylic acids is 2. The molecule has 2 amide bonds. The maximum Gasteiger partial charge on any atom is 0.271 e. The number of nitrogens with one attached hydrogen (secondary N) is 2. The first-order valence-electron chi connectivity index (χ1n) is 10.5. The van der Waals surface area contributed by atoms with Gasteiger partial charge in [0.1, 0.15) is 17.6 Å². The Bertz CT molecular complexity index is 1170. The Labute approximate surface area is 177 Å². The van der Waals surface area contributed by atoms with Gasteiger partial charge in [-0.25, -0.2) is 9.87 Å². The number of hydrogen-bond acceptors (Lipinski definition) is 5. The molecule has 7 nitrogen and oxygen atoms in total. The molecule has 2 aromatic carbocycles. The van der Waals surface area contributed by atoms with Crippen molar-refractivity contribution in [3.8, 4) is 22.9 Å². The third-order valence-electron chi connectivity index (χ3n) is 4.70. The van der Waals surface area contributed by atoms with Crippen LogP contribution in [-0.2, 0) is 14.4 Å². The molecule has 0 aliphatic heterocycles. The van der Waals surface area contributed by atoms with Crippen molar-refractivity contribution < 1.29 is 27.7 Å². The van der Waals surface area contributed by atoms with Crippen molar-refractivity contribution in [3.63, 3.8) is 0 Å². The summed E-state index contributed by atoms with van der Waals surface area (Å²) in [5.41, 5.74) is 2.87. The van der Waals surface area contributed by atoms with Gasteiger partial charge in [0.2, 0.25) is 0 Å². The summed E-state index contributed by atoms with van der Waals surface area (Å²) >= 11 is 0. The van der Waals surface area contributed by atoms with Crippen molar-refractivity contribution in [2.75, 3.05) is 19.5 Å². The molecule has 0 atom stereocenters. The highest BCUT2D eigenvalue weighted by atomic mass is 19.1. The smallest absolute Gasteiger partial charge is 0.271 e. The lowest BCUT2D eigenvalue weighted by Crippen LogP contribution is -2.26. The Hall–Kier alpha value is -3.70. The fourth-order valence-electron chi connectivity index (χ4n) is 3.32. The van der Waals surface area contributed by atoms with Crippen molar-refractivity contribution in [1.29, 1.82) is 5.26 Å². The van der Waals surface area contributed by atoms with E-state index in [1.807, 2.05) is 6.07 Å². The minimum atomic E-state index is -2.65. The number of anilines is 1. The van der Waals surface area contributed by atoms with Gasteiger partial charge in [-0.3, -0.25) is 14.4 Å². The Kier molecular flexibility index (Phi) is 5.27. The second-order valence-electron chi connectivity index (χ2n) is 6.52. The van der Waals surface area contributed by atoms with Crippen LogP contribution in [0.15, 0.2) is 47.5 Å². The van der Waals surface area contributed by atoms with Gasteiger partial charge in [0.15, 0.2) is 0 Å². The molecule has 1 aliphatic rings. The van der Waals surface area contributed by atoms with E-state index in [0.717, 1.165) is 6.07 Å². The maximum absolute atomic E-state index is 15.0. The average molecular weight is 412 g/mol. The van der Waals surface area contributed by atoms with Crippen LogP contribution >= 0.6 is 0 Å². The van der Waals surface area contributed by atoms with Crippen molar-refractivity contribution in [2.24, 2.45) is 0 Å². The van der Waals surface area contributed by atoms with Crippen molar-refractivity contribution in [1.82, 2.24) is 5.48 Å². The predicted molar refractivity (Wildman–Crippen MR) is 108 cm³/mol. The van der Waals surface area contributed by atoms with Crippen LogP contribution in [0.5, 0.6) is 5.75 Å². The number of benzene rings is 2. The Balaban J connectivity index is 1.91. The topological polar surface area (TPSA) is 100 Å². The van der Waals surface area contributed by atoms with Crippen LogP contribution in [0.25, 0.3) is 11.1 Å². The molecule has 0 bridgehead atoms. The van der Waals surface area contributed by atoms with Crippen LogP contribution in [0.4, 0.5) is 10.1 Å². The second kappa shape index (κ2) is 9.20. The average Bonchev–Trinajstić information content (AvgIpc) is 3.24. The standard InChI is InChI=1S/C22H20FN3O4/c1-29-16-6-3-5-13(10-16)14-9-15(12-24)20(19(23)11-14)25-21(27)17-7-4-8-18(17)22(28)26-30-2/h3,5-6,9-11H,4,7-8H2,1-2H3,(H,25,27)(H,26,28)/i1D3. The van der Waals surface area contributed by atoms with Crippen LogP contribution < -0.4 is 15.5 Å². The van der Waals surface area contributed by atoms with Crippen molar-refractivity contribution >= 4 is 17.5 Å². The maximum atomic E-state index is 15.0. The molecule has 30 heavy (non-hydrogen) atoms. The summed E-state index contributed by atoms with van der Waals surface area (Å²) in [6.07, 6.45) is 1.28. The predicted octanol–water partition coefficient (Wildman–Crippen LogP) is 3.47. The first-order valence-corrected chi connectivity index (χ1v) is 9.02. The fourth-order valence-corrected chi connectivity index (χ4v) is 3.32. The molecular formula is C22H20FN3O4. The molecule has 0 saturated carbocycles. The molecule has 0 unspecified atom stereocenters. The van der Waals surface area contributed by atoms with Crippen LogP contribution in [0.3, 0.4) is 0 Å². The van der Waals surface area contributed by atoms with Gasteiger partial charge < -0.3 is 10.1 Å². The summed E-state index contributed by atoms with van der Waals surface area (Å²) in [4.78, 5) is 29.4. The molecule has 154 valence electrons. The van der Waals surface area contributed by atoms with Crippen molar-refractivity contribution in [3.05, 3.63) is 58.9 Å². The van der Waals surface area contributed by atoms with Crippen molar-refractivity contribution in [2.45, 2.75) is 19.3 Å². The van der Waals surface area contributed by atoms with Gasteiger partial charge in [-0.15, -0.1) is 0 Å². The first-order chi connectivity index (χ1) is 15.6. The largest absolute Gasteiger partial charge is 0.497 e. The molecule has 0 radical (unpaired) electrons. The molecule has 1 aliphatic carbocycles. The second-order valence-corrected chi connectivity index (χ2v) is 6.52. The number of rotatable bonds is 6. The summed E-state index contributed by atoms with van der Waals surface area (Å²) in [5.74, 6) is -2.03. The van der Waals surface area contributed by atoms with E-state index in [2.05, 4.69) is 15.6 Å². The lowest BCUT2D eigenvalue weighted by atomic mass is 10.0. The quantitative estimate of drug-likeness (QED) is 0.708. The van der Waals surface area contributed by atoms with Gasteiger partial charge >= 0.3 is 0 Å². The van der Waals surface area contributed by atoms with Gasteiger partial charge in [0.05, 0.1) is 29.5 Å². The number of hydrogen-bond donors (Lipinski definition) is 2. The minimum absolute atomic E-state index is 0.0545. The fraction of sp³-hybridized carbons (Fsp3) is 0.227. The third kappa shape index (κ3) is 4.31. The zero-order valence-electron chi connectivity index (χ0n) is 19.0. The van der Waals surface area contributed by atoms with E-state index in [1.165, 1.54) is 31.4 Å². The Morgan fingerprint density at radius 3 is 2.63 bits per heavy atom. The highest BCUT2D eigenvalue weighted by Crippen LogP contribution is 2.32. The van der Waals surface area contributed by atoms with Crippen LogP contribution in [0.1, 0.15) is 28.9 Å². The van der Waals surface area contributed by atoms with E-state index in [-0.39, 0.29) is 28.1 Å². The number of amides is 2. The number of methoxy groups -OCH3 is 1. The number of nitriles is 1. The molecule has 2 aromatic rings. The number of ether oxygens (including phenoxy) is 1. The van der Waals surface area contributed by atoms with E-state index in [4.69, 9.17) is 8.85 Å². The number of carbonyl (C=O) groups is 2. The molecular weight excluding hydrogens is 389 g/mol. The number of halogens is 1. The highest BCUT2D eigenvalue weighted by molar-refractivity contribution is 6.11. The highest BCUT2D eigenvalue weighted by Gasteiger charge is 2.27. The lowest BCUT2D eigenvalue weighted by molar-refractivity contribution is -0.127. The van der Waals surface area contributed by atoms with Gasteiger partial charge in [-0.1, -0.05) is 12.1 Å². The van der Waals surface area contributed by atoms with Gasteiger partial charge in [-0.05, 0) is 54.7 Å². The van der Waals surface area contributed by atoms with Gasteiger partial charge in [-0.2, -0.15) is 5.26 Å². The zero-order chi connectivity index (χ0) is 24.2. The van der Waals surface area contributed by atoms with Gasteiger partial charge in [0, 0.05) is 11.1 Å². The van der Waals surface area contributed by atoms with Crippen LogP contribution in [0.2, 0.25) is 0 Å². The molecule has 3 rings (SSSR count). The Morgan fingerprint density at radius 2 is 1.93 bits per heavy atom. The summed E-state index contributed by atoms with van der Waals surface area (Å²) in [6.45, 7) is 0. The van der Waals surface area contributed by atoms with E-state index >= 15 is 0 Å². The van der Waals surface area contributed by atoms with E-state index in [9.17, 15) is 19.2 Å². The SMILES string of the molecule is [2H]C([2H])([2H])Oc1cccc(-c2cc(F)c(NC(=O)C3=C(C(=O)NOC)CCC3)c(C#N)c2)c1. The molecule has 0 spiro atoms. The molecule has 0 saturated heterocycles. The third-order valence-corrected chi connectivity index (χ3v) is 4.70. The molecule has 0 heterocycles. The summed E-state index contributed by atoms with van der Waals surface area (Å²) < 4.78 is 41.5. The van der Waals surface area contributed by atoms with Crippen LogP contribution in [-0.4, -0.2) is 26.0 Å².